The van der Waals surface area contributed by atoms with Gasteiger partial charge in [0.2, 0.25) is 17.9 Å². The third-order valence-electron chi connectivity index (χ3n) is 5.15. The van der Waals surface area contributed by atoms with E-state index in [1.165, 1.54) is 17.1 Å². The van der Waals surface area contributed by atoms with Crippen molar-refractivity contribution in [2.45, 2.75) is 25.8 Å². The maximum Gasteiger partial charge on any atom is 0.325 e. The molecule has 0 aliphatic carbocycles. The zero-order chi connectivity index (χ0) is 23.6. The van der Waals surface area contributed by atoms with Gasteiger partial charge in [0.05, 0.1) is 12.6 Å². The Morgan fingerprint density at radius 1 is 1.35 bits per heavy atom. The summed E-state index contributed by atoms with van der Waals surface area (Å²) in [6.07, 6.45) is 8.32. The van der Waals surface area contributed by atoms with Crippen molar-refractivity contribution >= 4 is 22.6 Å². The van der Waals surface area contributed by atoms with Crippen LogP contribution in [0.2, 0.25) is 0 Å². The lowest BCUT2D eigenvalue weighted by molar-refractivity contribution is -0.141. The summed E-state index contributed by atoms with van der Waals surface area (Å²) in [6.45, 7) is 3.81. The van der Waals surface area contributed by atoms with E-state index in [9.17, 15) is 4.79 Å². The van der Waals surface area contributed by atoms with Crippen LogP contribution >= 0.6 is 11.5 Å². The number of aromatic nitrogens is 4. The number of hydrogen-bond acceptors (Lipinski definition) is 10. The van der Waals surface area contributed by atoms with E-state index < -0.39 is 0 Å². The summed E-state index contributed by atoms with van der Waals surface area (Å²) in [7, 11) is 0. The van der Waals surface area contributed by atoms with Gasteiger partial charge in [-0.3, -0.25) is 9.36 Å². The van der Waals surface area contributed by atoms with Crippen LogP contribution in [0.3, 0.4) is 0 Å². The number of nitrogens with zero attached hydrogens (tertiary/aromatic N) is 5. The fraction of sp³-hybridized carbons (Fsp3) is 0.391. The highest BCUT2D eigenvalue weighted by atomic mass is 32.1. The Morgan fingerprint density at radius 2 is 2.24 bits per heavy atom. The zero-order valence-electron chi connectivity index (χ0n) is 19.0. The lowest BCUT2D eigenvalue weighted by Gasteiger charge is -2.22. The third kappa shape index (κ3) is 6.55. The molecule has 0 radical (unpaired) electrons. The number of esters is 1. The summed E-state index contributed by atoms with van der Waals surface area (Å²) in [6, 6.07) is 10.3. The van der Waals surface area contributed by atoms with Gasteiger partial charge in [-0.05, 0) is 31.9 Å². The maximum atomic E-state index is 12.2. The van der Waals surface area contributed by atoms with Crippen molar-refractivity contribution in [3.63, 3.8) is 0 Å². The van der Waals surface area contributed by atoms with Gasteiger partial charge in [0, 0.05) is 30.5 Å². The van der Waals surface area contributed by atoms with Crippen molar-refractivity contribution in [1.82, 2.24) is 24.2 Å². The number of nitrogens with one attached hydrogen (secondary N) is 1. The minimum Gasteiger partial charge on any atom is -0.465 e. The number of hydrogen-bond donors (Lipinski definition) is 1. The molecule has 1 atom stereocenters. The molecule has 3 aromatic rings. The molecule has 0 amide bonds. The van der Waals surface area contributed by atoms with E-state index in [4.69, 9.17) is 14.2 Å². The van der Waals surface area contributed by atoms with E-state index in [1.807, 2.05) is 23.1 Å². The van der Waals surface area contributed by atoms with E-state index in [0.29, 0.717) is 30.8 Å². The molecule has 34 heavy (non-hydrogen) atoms. The zero-order valence-corrected chi connectivity index (χ0v) is 19.8. The van der Waals surface area contributed by atoms with Crippen LogP contribution in [0.5, 0.6) is 0 Å². The second-order valence-corrected chi connectivity index (χ2v) is 8.30. The average molecular weight is 485 g/mol. The van der Waals surface area contributed by atoms with Crippen LogP contribution in [0.25, 0.3) is 5.95 Å². The average Bonchev–Trinajstić information content (AvgIpc) is 3.63. The molecule has 0 saturated heterocycles. The van der Waals surface area contributed by atoms with E-state index in [0.717, 1.165) is 18.6 Å². The Morgan fingerprint density at radius 3 is 2.97 bits per heavy atom. The smallest absolute Gasteiger partial charge is 0.325 e. The van der Waals surface area contributed by atoms with Crippen LogP contribution in [-0.4, -0.2) is 64.0 Å². The molecule has 10 nitrogen and oxygen atoms in total. The van der Waals surface area contributed by atoms with Crippen LogP contribution in [0.4, 0.5) is 5.13 Å². The van der Waals surface area contributed by atoms with Crippen LogP contribution in [0.15, 0.2) is 61.1 Å². The van der Waals surface area contributed by atoms with Gasteiger partial charge < -0.3 is 24.4 Å². The molecule has 4 rings (SSSR count). The Balaban J connectivity index is 1.36. The summed E-state index contributed by atoms with van der Waals surface area (Å²) >= 11 is 1.24. The summed E-state index contributed by atoms with van der Waals surface area (Å²) in [5.41, 5.74) is 1.21. The normalized spacial score (nSPS) is 13.6. The SMILES string of the molecule is CCOC(=O)CN(CCCNC(Cc1ccccc1)C1=COCO1)c1nc(-n2ccnc2)ns1. The predicted octanol–water partition coefficient (Wildman–Crippen LogP) is 2.53. The Bertz CT molecular complexity index is 1060. The number of imidazole rings is 1. The van der Waals surface area contributed by atoms with Gasteiger partial charge >= 0.3 is 5.97 Å². The summed E-state index contributed by atoms with van der Waals surface area (Å²) < 4.78 is 22.2. The van der Waals surface area contributed by atoms with Crippen molar-refractivity contribution in [3.05, 3.63) is 66.6 Å². The first-order chi connectivity index (χ1) is 16.7. The molecule has 1 aromatic carbocycles. The number of carbonyl (C=O) groups excluding carboxylic acids is 1. The van der Waals surface area contributed by atoms with Crippen LogP contribution in [0.1, 0.15) is 18.9 Å². The van der Waals surface area contributed by atoms with Crippen molar-refractivity contribution in [2.75, 3.05) is 37.9 Å². The van der Waals surface area contributed by atoms with Gasteiger partial charge in [-0.2, -0.15) is 9.36 Å². The molecule has 3 heterocycles. The largest absolute Gasteiger partial charge is 0.465 e. The van der Waals surface area contributed by atoms with Gasteiger partial charge in [-0.1, -0.05) is 30.3 Å². The monoisotopic (exact) mass is 484 g/mol. The first-order valence-corrected chi connectivity index (χ1v) is 11.9. The fourth-order valence-corrected chi connectivity index (χ4v) is 4.22. The Labute approximate surface area is 202 Å². The second-order valence-electron chi connectivity index (χ2n) is 7.57. The first kappa shape index (κ1) is 23.7. The van der Waals surface area contributed by atoms with Crippen molar-refractivity contribution in [3.8, 4) is 5.95 Å². The molecule has 1 aliphatic rings. The molecule has 11 heteroatoms. The number of rotatable bonds is 13. The van der Waals surface area contributed by atoms with Gasteiger partial charge in [0.15, 0.2) is 5.76 Å². The van der Waals surface area contributed by atoms with Crippen molar-refractivity contribution in [1.29, 1.82) is 0 Å². The molecule has 1 N–H and O–H groups in total. The van der Waals surface area contributed by atoms with E-state index in [-0.39, 0.29) is 25.3 Å². The number of anilines is 1. The predicted molar refractivity (Wildman–Crippen MR) is 128 cm³/mol. The number of benzene rings is 1. The molecule has 1 unspecified atom stereocenters. The number of carbonyl (C=O) groups is 1. The van der Waals surface area contributed by atoms with Crippen molar-refractivity contribution in [2.24, 2.45) is 0 Å². The van der Waals surface area contributed by atoms with Crippen LogP contribution in [0, 0.1) is 0 Å². The highest BCUT2D eigenvalue weighted by Gasteiger charge is 2.21. The molecular formula is C23H28N6O4S. The van der Waals surface area contributed by atoms with E-state index in [1.54, 1.807) is 36.5 Å². The maximum absolute atomic E-state index is 12.2. The molecule has 0 fully saturated rings. The molecule has 180 valence electrons. The minimum atomic E-state index is -0.293. The molecule has 2 aromatic heterocycles. The molecule has 1 aliphatic heterocycles. The summed E-state index contributed by atoms with van der Waals surface area (Å²) in [4.78, 5) is 22.7. The lowest BCUT2D eigenvalue weighted by atomic mass is 10.0. The minimum absolute atomic E-state index is 0.00206. The van der Waals surface area contributed by atoms with Gasteiger partial charge in [0.25, 0.3) is 0 Å². The molecular weight excluding hydrogens is 456 g/mol. The topological polar surface area (TPSA) is 104 Å². The summed E-state index contributed by atoms with van der Waals surface area (Å²) in [5, 5.41) is 4.22. The standard InChI is InChI=1S/C23H28N6O4S/c1-2-32-21(30)14-28(23-26-22(27-34-23)29-12-10-24-16-29)11-6-9-25-19(20-15-31-17-33-20)13-18-7-4-3-5-8-18/h3-5,7-8,10,12,15-16,19,25H,2,6,9,11,13-14,17H2,1H3. The van der Waals surface area contributed by atoms with Gasteiger partial charge in [0.1, 0.15) is 19.1 Å². The fourth-order valence-electron chi connectivity index (χ4n) is 3.53. The van der Waals surface area contributed by atoms with Crippen LogP contribution in [-0.2, 0) is 25.4 Å². The third-order valence-corrected chi connectivity index (χ3v) is 5.92. The molecule has 0 spiro atoms. The molecule has 0 bridgehead atoms. The van der Waals surface area contributed by atoms with E-state index in [2.05, 4.69) is 31.8 Å². The summed E-state index contributed by atoms with van der Waals surface area (Å²) in [5.74, 6) is 1.03. The van der Waals surface area contributed by atoms with E-state index >= 15 is 0 Å². The second kappa shape index (κ2) is 12.1. The van der Waals surface area contributed by atoms with Gasteiger partial charge in [-0.25, -0.2) is 4.98 Å². The number of ether oxygens (including phenoxy) is 3. The van der Waals surface area contributed by atoms with Crippen LogP contribution < -0.4 is 10.2 Å². The highest BCUT2D eigenvalue weighted by molar-refractivity contribution is 7.09. The highest BCUT2D eigenvalue weighted by Crippen LogP contribution is 2.20. The lowest BCUT2D eigenvalue weighted by Crippen LogP contribution is -2.37. The first-order valence-electron chi connectivity index (χ1n) is 11.2. The Hall–Kier alpha value is -3.44. The molecule has 0 saturated carbocycles. The quantitative estimate of drug-likeness (QED) is 0.289. The van der Waals surface area contributed by atoms with Gasteiger partial charge in [-0.15, -0.1) is 0 Å². The van der Waals surface area contributed by atoms with Crippen molar-refractivity contribution < 1.29 is 19.0 Å². The Kier molecular flexibility index (Phi) is 8.47.